The molecule has 8 N–H and O–H groups in total. The molecule has 21 heteroatoms. The molecule has 21 nitrogen and oxygen atoms in total. The maximum Gasteiger partial charge on any atom is 0.309 e. The zero-order valence-corrected chi connectivity index (χ0v) is 77.4. The average molecular weight is 1750 g/mol. The molecule has 0 amide bonds. The van der Waals surface area contributed by atoms with Crippen molar-refractivity contribution < 1.29 is 103 Å². The minimum atomic E-state index is -2.15. The van der Waals surface area contributed by atoms with Gasteiger partial charge in [-0.1, -0.05) is 261 Å². The third kappa shape index (κ3) is 22.6. The van der Waals surface area contributed by atoms with Crippen LogP contribution in [-0.4, -0.2) is 160 Å². The lowest BCUT2D eigenvalue weighted by Crippen LogP contribution is -2.77. The highest BCUT2D eigenvalue weighted by Crippen LogP contribution is 2.77. The van der Waals surface area contributed by atoms with Crippen molar-refractivity contribution in [3.05, 3.63) is 169 Å². The molecule has 2 spiro atoms. The Morgan fingerprint density at radius 1 is 0.476 bits per heavy atom. The quantitative estimate of drug-likeness (QED) is 0.0160. The normalized spacial score (nSPS) is 34.1. The highest BCUT2D eigenvalue weighted by atomic mass is 16.7. The van der Waals surface area contributed by atoms with Crippen LogP contribution in [-0.2, 0) is 62.0 Å². The van der Waals surface area contributed by atoms with E-state index in [1.54, 1.807) is 27.7 Å². The van der Waals surface area contributed by atoms with E-state index < -0.39 is 170 Å². The Labute approximate surface area is 751 Å². The number of Topliss-reactive ketones (excluding diaryl/α,β-unsaturated/α-hetero) is 2. The van der Waals surface area contributed by atoms with Gasteiger partial charge in [-0.3, -0.25) is 38.4 Å². The highest BCUT2D eigenvalue weighted by molar-refractivity contribution is 5.98. The standard InChI is InChI=1S/C52H74O10.C30H44O9.C22H32O2.CH4/c1-9-10-11-12-13-14-15-16-17-18-19-20-21-22-23-24-25-26-27-28-43(55)62-46-41(54)29-36(6)40-31-42-50-33-60-52(59,48(50)49(40,46)8)45(56)37(7)44(50)39(47(57)61-42)30-38(53)32-51(58,34(2)3)35(4)5;1-13(2)29(36,14(3)4)11-17(31)9-18-22-16(6)23(33)30(37)26-27(7)19(15(5)8-20(32)24(27)34)10-21(39-25(18)35)28(22,26)12-38-30;1-2-3-4-5-6-7-8-9-10-11-12-13-14-15-16-17-18-19-20-21-22(23)24;/h10-11,13-14,16-17,19-20,22-23,25-26,29,34-35,37,39-40,42,44-46,48,56,58-59H,9,12,15,18,21,24,27-28,30-33H2,1-8H3;8,13-14,16,18-19,21-24,26,33-34,36-37H,9-12H2,1-7H3;3-4,6-7,9-10,12-13,15-16,18-19H,2,5,8,11,14,17,20-21H2,1H3,(H,23,24);1H4/b11-10-,14-13-,17-16-,20-19-,23-22-,26-25-;;4-3-,7-6-,10-9-,13-12-,16-15-,19-18-;/t37-,39?,40+,42-,44?,45-,46-,48?,49-,50+,52-;16-,18?,19+,21-,22?,23-,24-,26?,27-,28+,30-;;/m11../s1. The van der Waals surface area contributed by atoms with E-state index in [1.807, 2.05) is 93.5 Å². The zero-order valence-electron chi connectivity index (χ0n) is 77.4. The topological polar surface area (TPSA) is 345 Å². The van der Waals surface area contributed by atoms with Gasteiger partial charge >= 0.3 is 23.9 Å². The van der Waals surface area contributed by atoms with Crippen LogP contribution in [0, 0.1) is 105 Å². The second-order valence-electron chi connectivity index (χ2n) is 38.8. The Bertz CT molecular complexity index is 4150. The highest BCUT2D eigenvalue weighted by Gasteiger charge is 2.85. The van der Waals surface area contributed by atoms with Crippen molar-refractivity contribution in [2.24, 2.45) is 105 Å². The summed E-state index contributed by atoms with van der Waals surface area (Å²) in [6.07, 6.45) is 59.6. The third-order valence-electron chi connectivity index (χ3n) is 29.9. The van der Waals surface area contributed by atoms with E-state index in [9.17, 15) is 74.1 Å². The molecule has 0 aromatic heterocycles. The van der Waals surface area contributed by atoms with Gasteiger partial charge in [0.1, 0.15) is 42.1 Å². The van der Waals surface area contributed by atoms with Crippen LogP contribution in [0.3, 0.4) is 0 Å². The van der Waals surface area contributed by atoms with Crippen molar-refractivity contribution in [3.63, 3.8) is 0 Å². The van der Waals surface area contributed by atoms with E-state index in [0.717, 1.165) is 76.2 Å². The predicted molar refractivity (Wildman–Crippen MR) is 491 cm³/mol. The molecular weight excluding hydrogens is 1600 g/mol. The largest absolute Gasteiger partial charge is 0.481 e. The Morgan fingerprint density at radius 3 is 1.10 bits per heavy atom. The lowest BCUT2D eigenvalue weighted by atomic mass is 9.37. The summed E-state index contributed by atoms with van der Waals surface area (Å²) in [6, 6.07) is 0. The number of hydrogen-bond donors (Lipinski definition) is 8. The summed E-state index contributed by atoms with van der Waals surface area (Å²) in [7, 11) is 0. The number of carbonyl (C=O) groups is 8. The smallest absolute Gasteiger partial charge is 0.309 e. The van der Waals surface area contributed by atoms with Crippen molar-refractivity contribution in [1.82, 2.24) is 0 Å². The number of aliphatic carboxylic acids is 1. The molecule has 700 valence electrons. The fourth-order valence-corrected chi connectivity index (χ4v) is 23.5. The molecule has 10 rings (SSSR count). The molecule has 0 aromatic carbocycles. The van der Waals surface area contributed by atoms with Crippen LogP contribution in [0.15, 0.2) is 169 Å². The number of ether oxygens (including phenoxy) is 5. The number of aliphatic hydroxyl groups is 7. The van der Waals surface area contributed by atoms with Crippen molar-refractivity contribution in [2.45, 2.75) is 319 Å². The molecule has 4 bridgehead atoms. The molecule has 6 aliphatic carbocycles. The number of carboxylic acid groups (broad SMARTS) is 1. The summed E-state index contributed by atoms with van der Waals surface area (Å²) in [6.45, 7) is 29.8. The van der Waals surface area contributed by atoms with Gasteiger partial charge in [0, 0.05) is 72.0 Å². The number of carbonyl (C=O) groups excluding carboxylic acids is 7. The number of aliphatic hydroxyl groups excluding tert-OH is 3. The van der Waals surface area contributed by atoms with Gasteiger partial charge in [-0.2, -0.15) is 0 Å². The fraction of sp³-hybridized carbons (Fsp3) is 0.657. The molecule has 22 atom stereocenters. The van der Waals surface area contributed by atoms with E-state index in [0.29, 0.717) is 37.7 Å². The van der Waals surface area contributed by atoms with E-state index in [2.05, 4.69) is 135 Å². The molecule has 6 unspecified atom stereocenters. The van der Waals surface area contributed by atoms with Crippen LogP contribution in [0.25, 0.3) is 0 Å². The lowest BCUT2D eigenvalue weighted by Gasteiger charge is -2.68. The minimum absolute atomic E-state index is 0. The summed E-state index contributed by atoms with van der Waals surface area (Å²) in [5.41, 5.74) is -5.64. The Morgan fingerprint density at radius 2 is 0.778 bits per heavy atom. The summed E-state index contributed by atoms with van der Waals surface area (Å²) in [5.74, 6) is -16.1. The van der Waals surface area contributed by atoms with Gasteiger partial charge in [-0.05, 0) is 188 Å². The number of rotatable bonds is 41. The van der Waals surface area contributed by atoms with Crippen LogP contribution in [0.4, 0.5) is 0 Å². The van der Waals surface area contributed by atoms with Crippen molar-refractivity contribution in [1.29, 1.82) is 0 Å². The molecule has 4 aliphatic heterocycles. The van der Waals surface area contributed by atoms with Gasteiger partial charge in [0.05, 0.1) is 36.3 Å². The Hall–Kier alpha value is -7.44. The van der Waals surface area contributed by atoms with Crippen LogP contribution in [0.2, 0.25) is 0 Å². The molecule has 4 saturated heterocycles. The molecule has 10 aliphatic rings. The third-order valence-corrected chi connectivity index (χ3v) is 29.9. The molecule has 4 saturated carbocycles. The second kappa shape index (κ2) is 46.4. The molecule has 4 heterocycles. The van der Waals surface area contributed by atoms with Crippen molar-refractivity contribution in [3.8, 4) is 0 Å². The van der Waals surface area contributed by atoms with Crippen molar-refractivity contribution >= 4 is 47.0 Å². The van der Waals surface area contributed by atoms with Gasteiger partial charge in [-0.25, -0.2) is 0 Å². The predicted octanol–water partition coefficient (Wildman–Crippen LogP) is 17.8. The first-order valence-corrected chi connectivity index (χ1v) is 46.5. The van der Waals surface area contributed by atoms with Crippen LogP contribution < -0.4 is 0 Å². The van der Waals surface area contributed by atoms with Crippen LogP contribution in [0.1, 0.15) is 259 Å². The summed E-state index contributed by atoms with van der Waals surface area (Å²) in [4.78, 5) is 106. The van der Waals surface area contributed by atoms with E-state index in [-0.39, 0.29) is 100 Å². The van der Waals surface area contributed by atoms with E-state index >= 15 is 0 Å². The fourth-order valence-electron chi connectivity index (χ4n) is 23.5. The Balaban J connectivity index is 0.000000289. The maximum absolute atomic E-state index is 14.0. The van der Waals surface area contributed by atoms with Crippen LogP contribution in [0.5, 0.6) is 0 Å². The first-order chi connectivity index (χ1) is 59.1. The first kappa shape index (κ1) is 106. The summed E-state index contributed by atoms with van der Waals surface area (Å²) in [5, 5.41) is 90.6. The maximum atomic E-state index is 14.0. The monoisotopic (exact) mass is 1750 g/mol. The van der Waals surface area contributed by atoms with Gasteiger partial charge < -0.3 is 64.5 Å². The second-order valence-corrected chi connectivity index (χ2v) is 38.8. The number of ketones is 4. The van der Waals surface area contributed by atoms with Crippen molar-refractivity contribution in [2.75, 3.05) is 13.2 Å². The van der Waals surface area contributed by atoms with Gasteiger partial charge in [0.15, 0.2) is 29.2 Å². The number of hydrogen-bond acceptors (Lipinski definition) is 20. The van der Waals surface area contributed by atoms with Gasteiger partial charge in [0.25, 0.3) is 0 Å². The zero-order chi connectivity index (χ0) is 92.2. The summed E-state index contributed by atoms with van der Waals surface area (Å²) < 4.78 is 30.8. The van der Waals surface area contributed by atoms with Gasteiger partial charge in [-0.15, -0.1) is 0 Å². The minimum Gasteiger partial charge on any atom is -0.481 e. The van der Waals surface area contributed by atoms with Crippen LogP contribution >= 0.6 is 0 Å². The average Bonchev–Trinajstić information content (AvgIpc) is 1.43. The summed E-state index contributed by atoms with van der Waals surface area (Å²) >= 11 is 0. The molecule has 0 radical (unpaired) electrons. The first-order valence-electron chi connectivity index (χ1n) is 46.5. The molecular formula is C105H154O21. The van der Waals surface area contributed by atoms with E-state index in [4.69, 9.17) is 28.8 Å². The molecule has 8 fully saturated rings. The SMILES string of the molecule is C.CC/C=C\C/C=C\C/C=C\C/C=C\C/C=C\C/C=C\CCC(=O)O.CC/C=C\C/C=C\C/C=C\C/C=C\C/C=C\C/C=C\CCC(=O)O[C@@H]1C(=O)C=C(C)[C@@H]2C[C@H]3OC(=O)C(CC(=O)CC(O)(C(C)C)C(C)C)C4[C@@H](C)[C@@H](O)[C@@]5(O)OC[C@@]43C5[C@@]12C.CC1=CC(=O)[C@@H](O)[C@]2(C)C3[C@]45CO[C@]3(O)[C@H](O)[C@H](C)C4C(CC(=O)CC(O)(C(C)C)C(C)C)C(=O)O[C@@H]5C[C@@H]12. The van der Waals surface area contributed by atoms with Gasteiger partial charge in [0.2, 0.25) is 0 Å². The molecule has 0 aromatic rings. The number of allylic oxidation sites excluding steroid dienone is 26. The number of carboxylic acids is 1. The lowest BCUT2D eigenvalue weighted by molar-refractivity contribution is -0.337. The van der Waals surface area contributed by atoms with E-state index in [1.165, 1.54) is 12.2 Å². The number of esters is 3. The Kier molecular flexibility index (Phi) is 38.9. The number of fused-ring (bicyclic) bond motifs is 2. The molecule has 126 heavy (non-hydrogen) atoms.